The number of anilines is 2. The Morgan fingerprint density at radius 3 is 2.00 bits per heavy atom. The molecule has 0 unspecified atom stereocenters. The van der Waals surface area contributed by atoms with Crippen molar-refractivity contribution in [3.8, 4) is 11.1 Å². The summed E-state index contributed by atoms with van der Waals surface area (Å²) in [7, 11) is -2.34. The summed E-state index contributed by atoms with van der Waals surface area (Å²) in [6.07, 6.45) is -4.39. The minimum atomic E-state index is -4.39. The minimum absolute atomic E-state index is 0.241. The number of hydrogen-bond acceptors (Lipinski definition) is 3. The summed E-state index contributed by atoms with van der Waals surface area (Å²) in [5.41, 5.74) is 1.14. The van der Waals surface area contributed by atoms with E-state index in [-0.39, 0.29) is 5.69 Å². The number of halogens is 3. The molecule has 0 spiro atoms. The van der Waals surface area contributed by atoms with Crippen molar-refractivity contribution in [1.29, 1.82) is 0 Å². The summed E-state index contributed by atoms with van der Waals surface area (Å²) in [6.45, 7) is 0. The monoisotopic (exact) mass is 345 g/mol. The van der Waals surface area contributed by atoms with Gasteiger partial charge in [0.15, 0.2) is 0 Å². The zero-order valence-electron chi connectivity index (χ0n) is 12.0. The van der Waals surface area contributed by atoms with E-state index in [1.54, 1.807) is 19.2 Å². The molecule has 5 nitrogen and oxygen atoms in total. The van der Waals surface area contributed by atoms with Crippen LogP contribution in [0.15, 0.2) is 42.5 Å². The highest BCUT2D eigenvalue weighted by Crippen LogP contribution is 2.33. The molecule has 0 heterocycles. The fraction of sp³-hybridized carbons (Fsp3) is 0.143. The summed E-state index contributed by atoms with van der Waals surface area (Å²) in [6, 6.07) is 9.35. The maximum Gasteiger partial charge on any atom is 0.416 e. The van der Waals surface area contributed by atoms with Crippen molar-refractivity contribution in [2.45, 2.75) is 6.18 Å². The maximum absolute atomic E-state index is 12.6. The smallest absolute Gasteiger partial charge is 0.386 e. The highest BCUT2D eigenvalue weighted by Gasteiger charge is 2.29. The lowest BCUT2D eigenvalue weighted by molar-refractivity contribution is -0.137. The van der Waals surface area contributed by atoms with Crippen molar-refractivity contribution in [1.82, 2.24) is 0 Å². The van der Waals surface area contributed by atoms with Gasteiger partial charge in [-0.3, -0.25) is 4.72 Å². The molecule has 0 aliphatic rings. The molecular weight excluding hydrogens is 331 g/mol. The van der Waals surface area contributed by atoms with E-state index >= 15 is 0 Å². The van der Waals surface area contributed by atoms with Gasteiger partial charge in [0.05, 0.1) is 16.9 Å². The third kappa shape index (κ3) is 4.36. The van der Waals surface area contributed by atoms with Gasteiger partial charge in [0, 0.05) is 7.05 Å². The van der Waals surface area contributed by atoms with E-state index < -0.39 is 21.9 Å². The molecule has 0 atom stereocenters. The molecule has 0 aromatic heterocycles. The second kappa shape index (κ2) is 6.09. The third-order valence-electron chi connectivity index (χ3n) is 3.09. The lowest BCUT2D eigenvalue weighted by atomic mass is 10.0. The van der Waals surface area contributed by atoms with Crippen LogP contribution < -0.4 is 15.2 Å². The van der Waals surface area contributed by atoms with Gasteiger partial charge in [-0.05, 0) is 35.4 Å². The van der Waals surface area contributed by atoms with Gasteiger partial charge in [0.2, 0.25) is 0 Å². The first kappa shape index (κ1) is 17.1. The molecule has 124 valence electrons. The molecule has 2 rings (SSSR count). The van der Waals surface area contributed by atoms with Crippen LogP contribution in [0.1, 0.15) is 5.56 Å². The Balaban J connectivity index is 2.37. The van der Waals surface area contributed by atoms with Gasteiger partial charge < -0.3 is 5.32 Å². The Morgan fingerprint density at radius 2 is 1.52 bits per heavy atom. The van der Waals surface area contributed by atoms with E-state index in [1.807, 2.05) is 0 Å². The Hall–Kier alpha value is -2.26. The Morgan fingerprint density at radius 1 is 0.957 bits per heavy atom. The van der Waals surface area contributed by atoms with Crippen molar-refractivity contribution in [2.24, 2.45) is 5.14 Å². The molecule has 0 bridgehead atoms. The summed E-state index contributed by atoms with van der Waals surface area (Å²) in [5, 5.41) is 7.73. The van der Waals surface area contributed by atoms with Crippen molar-refractivity contribution in [3.63, 3.8) is 0 Å². The molecule has 4 N–H and O–H groups in total. The van der Waals surface area contributed by atoms with E-state index in [4.69, 9.17) is 5.14 Å². The van der Waals surface area contributed by atoms with E-state index in [0.29, 0.717) is 16.8 Å². The van der Waals surface area contributed by atoms with Gasteiger partial charge >= 0.3 is 6.18 Å². The Labute approximate surface area is 131 Å². The molecule has 23 heavy (non-hydrogen) atoms. The number of nitrogens with one attached hydrogen (secondary N) is 2. The van der Waals surface area contributed by atoms with Gasteiger partial charge in [-0.1, -0.05) is 18.2 Å². The number of alkyl halides is 3. The molecular formula is C14H14F3N3O2S. The Kier molecular flexibility index (Phi) is 4.53. The fourth-order valence-corrected chi connectivity index (χ4v) is 2.51. The first-order valence-electron chi connectivity index (χ1n) is 6.40. The van der Waals surface area contributed by atoms with Crippen LogP contribution in [-0.4, -0.2) is 15.5 Å². The van der Waals surface area contributed by atoms with Gasteiger partial charge in [0.1, 0.15) is 0 Å². The molecule has 2 aromatic rings. The van der Waals surface area contributed by atoms with Gasteiger partial charge in [-0.25, -0.2) is 5.14 Å². The van der Waals surface area contributed by atoms with Crippen LogP contribution in [0.3, 0.4) is 0 Å². The first-order valence-corrected chi connectivity index (χ1v) is 7.95. The van der Waals surface area contributed by atoms with Crippen LogP contribution >= 0.6 is 0 Å². The van der Waals surface area contributed by atoms with Crippen LogP contribution in [0.4, 0.5) is 24.5 Å². The standard InChI is InChI=1S/C14H14F3N3O2S/c1-19-13-8-10(4-7-12(13)20-23(18,21)22)9-2-5-11(6-3-9)14(15,16)17/h2-8,19-20H,1H3,(H2,18,21,22). The highest BCUT2D eigenvalue weighted by atomic mass is 32.2. The number of rotatable bonds is 4. The lowest BCUT2D eigenvalue weighted by Gasteiger charge is -2.13. The quantitative estimate of drug-likeness (QED) is 0.796. The van der Waals surface area contributed by atoms with Gasteiger partial charge in [-0.2, -0.15) is 21.6 Å². The third-order valence-corrected chi connectivity index (χ3v) is 3.59. The number of hydrogen-bond donors (Lipinski definition) is 3. The number of nitrogens with two attached hydrogens (primary N) is 1. The van der Waals surface area contributed by atoms with E-state index in [0.717, 1.165) is 12.1 Å². The molecule has 9 heteroatoms. The minimum Gasteiger partial charge on any atom is -0.386 e. The average molecular weight is 345 g/mol. The predicted octanol–water partition coefficient (Wildman–Crippen LogP) is 3.03. The van der Waals surface area contributed by atoms with Crippen LogP contribution in [0.2, 0.25) is 0 Å². The summed E-state index contributed by atoms with van der Waals surface area (Å²) in [5.74, 6) is 0. The van der Waals surface area contributed by atoms with Crippen molar-refractivity contribution >= 4 is 21.6 Å². The molecule has 0 amide bonds. The topological polar surface area (TPSA) is 84.2 Å². The zero-order valence-corrected chi connectivity index (χ0v) is 12.8. The molecule has 2 aromatic carbocycles. The molecule has 0 radical (unpaired) electrons. The van der Waals surface area contributed by atoms with Gasteiger partial charge in [0.25, 0.3) is 10.2 Å². The molecule has 0 aliphatic carbocycles. The predicted molar refractivity (Wildman–Crippen MR) is 83.2 cm³/mol. The lowest BCUT2D eigenvalue weighted by Crippen LogP contribution is -2.22. The van der Waals surface area contributed by atoms with E-state index in [2.05, 4.69) is 10.0 Å². The average Bonchev–Trinajstić information content (AvgIpc) is 2.45. The summed E-state index contributed by atoms with van der Waals surface area (Å²) in [4.78, 5) is 0. The van der Waals surface area contributed by atoms with Crippen LogP contribution in [0, 0.1) is 0 Å². The van der Waals surface area contributed by atoms with Crippen molar-refractivity contribution in [2.75, 3.05) is 17.1 Å². The molecule has 0 saturated heterocycles. The molecule has 0 aliphatic heterocycles. The molecule has 0 saturated carbocycles. The van der Waals surface area contributed by atoms with Crippen molar-refractivity contribution in [3.05, 3.63) is 48.0 Å². The van der Waals surface area contributed by atoms with Crippen LogP contribution in [0.25, 0.3) is 11.1 Å². The van der Waals surface area contributed by atoms with Crippen LogP contribution in [-0.2, 0) is 16.4 Å². The first-order chi connectivity index (χ1) is 10.6. The normalized spacial score (nSPS) is 12.0. The van der Waals surface area contributed by atoms with E-state index in [1.165, 1.54) is 18.2 Å². The maximum atomic E-state index is 12.6. The van der Waals surface area contributed by atoms with Crippen molar-refractivity contribution < 1.29 is 21.6 Å². The zero-order chi connectivity index (χ0) is 17.3. The van der Waals surface area contributed by atoms with Gasteiger partial charge in [-0.15, -0.1) is 0 Å². The van der Waals surface area contributed by atoms with E-state index in [9.17, 15) is 21.6 Å². The SMILES string of the molecule is CNc1cc(-c2ccc(C(F)(F)F)cc2)ccc1NS(N)(=O)=O. The summed E-state index contributed by atoms with van der Waals surface area (Å²) < 4.78 is 62.0. The second-order valence-electron chi connectivity index (χ2n) is 4.73. The Bertz CT molecular complexity index is 803. The number of benzene rings is 2. The van der Waals surface area contributed by atoms with Crippen LogP contribution in [0.5, 0.6) is 0 Å². The fourth-order valence-electron chi connectivity index (χ4n) is 2.02. The highest BCUT2D eigenvalue weighted by molar-refractivity contribution is 7.90. The molecule has 0 fully saturated rings. The summed E-state index contributed by atoms with van der Waals surface area (Å²) >= 11 is 0. The second-order valence-corrected chi connectivity index (χ2v) is 6.03. The largest absolute Gasteiger partial charge is 0.416 e.